The molecule has 0 atom stereocenters. The smallest absolute Gasteiger partial charge is 0.428 e. The van der Waals surface area contributed by atoms with Crippen molar-refractivity contribution in [1.29, 1.82) is 0 Å². The molecule has 0 bridgehead atoms. The summed E-state index contributed by atoms with van der Waals surface area (Å²) in [6.45, 7) is 1.87. The van der Waals surface area contributed by atoms with Gasteiger partial charge in [-0.05, 0) is 18.6 Å². The van der Waals surface area contributed by atoms with Crippen LogP contribution in [-0.4, -0.2) is 13.2 Å². The number of nitrogens with two attached hydrogens (primary N) is 1. The quantitative estimate of drug-likeness (QED) is 0.404. The maximum atomic E-state index is 11.0. The number of hydrazine groups is 1. The minimum Gasteiger partial charge on any atom is -0.452 e. The van der Waals surface area contributed by atoms with Crippen LogP contribution in [0.4, 0.5) is 10.5 Å². The molecule has 4 heteroatoms. The number of methoxy groups -OCH3 is 1. The van der Waals surface area contributed by atoms with E-state index in [1.54, 1.807) is 6.07 Å². The molecule has 13 heavy (non-hydrogen) atoms. The molecule has 0 aromatic heterocycles. The van der Waals surface area contributed by atoms with Crippen LogP contribution in [0.5, 0.6) is 0 Å². The molecule has 0 saturated heterocycles. The van der Waals surface area contributed by atoms with E-state index >= 15 is 0 Å². The maximum absolute atomic E-state index is 11.0. The number of rotatable bonds is 1. The number of carbonyl (C=O) groups excluding carboxylic acids is 1. The number of anilines is 1. The summed E-state index contributed by atoms with van der Waals surface area (Å²) in [6.07, 6.45) is -0.575. The largest absolute Gasteiger partial charge is 0.452 e. The Morgan fingerprint density at radius 3 is 2.62 bits per heavy atom. The minimum atomic E-state index is -0.575. The van der Waals surface area contributed by atoms with E-state index in [0.717, 1.165) is 10.6 Å². The lowest BCUT2D eigenvalue weighted by Gasteiger charge is -2.16. The minimum absolute atomic E-state index is 0.575. The lowest BCUT2D eigenvalue weighted by Crippen LogP contribution is -2.37. The predicted octanol–water partition coefficient (Wildman–Crippen LogP) is 1.44. The van der Waals surface area contributed by atoms with Crippen LogP contribution in [0.25, 0.3) is 0 Å². The van der Waals surface area contributed by atoms with Crippen molar-refractivity contribution in [3.8, 4) is 0 Å². The molecule has 1 aromatic carbocycles. The van der Waals surface area contributed by atoms with Crippen LogP contribution in [0.1, 0.15) is 5.56 Å². The summed E-state index contributed by atoms with van der Waals surface area (Å²) in [6, 6.07) is 7.32. The van der Waals surface area contributed by atoms with Crippen LogP contribution in [0.3, 0.4) is 0 Å². The number of nitrogens with zero attached hydrogens (tertiary/aromatic N) is 1. The SMILES string of the molecule is COC(=O)N(N)c1ccccc1C. The fraction of sp³-hybridized carbons (Fsp3) is 0.222. The first-order valence-corrected chi connectivity index (χ1v) is 3.85. The number of hydrogen-bond donors (Lipinski definition) is 1. The Kier molecular flexibility index (Phi) is 2.87. The van der Waals surface area contributed by atoms with E-state index in [1.807, 2.05) is 25.1 Å². The van der Waals surface area contributed by atoms with Gasteiger partial charge in [0.05, 0.1) is 12.8 Å². The highest BCUT2D eigenvalue weighted by Gasteiger charge is 2.12. The zero-order valence-corrected chi connectivity index (χ0v) is 7.65. The molecule has 0 unspecified atom stereocenters. The predicted molar refractivity (Wildman–Crippen MR) is 50.3 cm³/mol. The second-order valence-corrected chi connectivity index (χ2v) is 2.63. The van der Waals surface area contributed by atoms with Gasteiger partial charge in [-0.15, -0.1) is 0 Å². The molecule has 0 spiro atoms. The van der Waals surface area contributed by atoms with Crippen molar-refractivity contribution in [1.82, 2.24) is 0 Å². The molecular weight excluding hydrogens is 168 g/mol. The number of aryl methyl sites for hydroxylation is 1. The summed E-state index contributed by atoms with van der Waals surface area (Å²) in [5.41, 5.74) is 1.57. The van der Waals surface area contributed by atoms with Crippen molar-refractivity contribution < 1.29 is 9.53 Å². The molecule has 0 heterocycles. The third-order valence-electron chi connectivity index (χ3n) is 1.75. The maximum Gasteiger partial charge on any atom is 0.428 e. The second-order valence-electron chi connectivity index (χ2n) is 2.63. The van der Waals surface area contributed by atoms with E-state index in [2.05, 4.69) is 4.74 Å². The van der Waals surface area contributed by atoms with Crippen molar-refractivity contribution in [3.63, 3.8) is 0 Å². The normalized spacial score (nSPS) is 9.46. The fourth-order valence-corrected chi connectivity index (χ4v) is 1.03. The van der Waals surface area contributed by atoms with Crippen molar-refractivity contribution in [2.75, 3.05) is 12.1 Å². The van der Waals surface area contributed by atoms with Gasteiger partial charge in [-0.25, -0.2) is 15.6 Å². The number of ether oxygens (including phenoxy) is 1. The lowest BCUT2D eigenvalue weighted by molar-refractivity contribution is 0.178. The van der Waals surface area contributed by atoms with Gasteiger partial charge in [0.15, 0.2) is 0 Å². The molecule has 0 radical (unpaired) electrons. The third kappa shape index (κ3) is 1.97. The van der Waals surface area contributed by atoms with Crippen molar-refractivity contribution >= 4 is 11.8 Å². The van der Waals surface area contributed by atoms with Crippen LogP contribution in [0.15, 0.2) is 24.3 Å². The van der Waals surface area contributed by atoms with Gasteiger partial charge in [-0.2, -0.15) is 0 Å². The van der Waals surface area contributed by atoms with Crippen LogP contribution >= 0.6 is 0 Å². The van der Waals surface area contributed by atoms with E-state index in [4.69, 9.17) is 5.84 Å². The topological polar surface area (TPSA) is 55.6 Å². The highest BCUT2D eigenvalue weighted by molar-refractivity contribution is 5.87. The summed E-state index contributed by atoms with van der Waals surface area (Å²) < 4.78 is 4.48. The third-order valence-corrected chi connectivity index (χ3v) is 1.75. The van der Waals surface area contributed by atoms with Crippen LogP contribution in [0, 0.1) is 6.92 Å². The summed E-state index contributed by atoms with van der Waals surface area (Å²) in [4.78, 5) is 11.0. The van der Waals surface area contributed by atoms with Gasteiger partial charge in [0.1, 0.15) is 0 Å². The molecule has 0 aliphatic carbocycles. The summed E-state index contributed by atoms with van der Waals surface area (Å²) in [5, 5.41) is 0.981. The first-order chi connectivity index (χ1) is 6.16. The average Bonchev–Trinajstić information content (AvgIpc) is 2.16. The van der Waals surface area contributed by atoms with E-state index in [0.29, 0.717) is 5.69 Å². The molecule has 0 saturated carbocycles. The standard InChI is InChI=1S/C9H12N2O2/c1-7-5-3-4-6-8(7)11(10)9(12)13-2/h3-6H,10H2,1-2H3. The highest BCUT2D eigenvalue weighted by atomic mass is 16.5. The summed E-state index contributed by atoms with van der Waals surface area (Å²) in [5.74, 6) is 5.51. The molecule has 0 fully saturated rings. The van der Waals surface area contributed by atoms with Crippen molar-refractivity contribution in [2.24, 2.45) is 5.84 Å². The number of hydrogen-bond acceptors (Lipinski definition) is 3. The van der Waals surface area contributed by atoms with Gasteiger partial charge in [-0.1, -0.05) is 18.2 Å². The van der Waals surface area contributed by atoms with E-state index in [1.165, 1.54) is 7.11 Å². The van der Waals surface area contributed by atoms with Gasteiger partial charge in [0, 0.05) is 0 Å². The molecule has 4 nitrogen and oxygen atoms in total. The van der Waals surface area contributed by atoms with Crippen LogP contribution < -0.4 is 10.9 Å². The molecule has 0 aliphatic heterocycles. The number of benzene rings is 1. The second kappa shape index (κ2) is 3.91. The Labute approximate surface area is 76.9 Å². The number of para-hydroxylation sites is 1. The first kappa shape index (κ1) is 9.54. The van der Waals surface area contributed by atoms with E-state index in [9.17, 15) is 4.79 Å². The Bertz CT molecular complexity index is 312. The van der Waals surface area contributed by atoms with Crippen LogP contribution in [0.2, 0.25) is 0 Å². The zero-order valence-electron chi connectivity index (χ0n) is 7.65. The molecule has 0 aliphatic rings. The molecule has 2 N–H and O–H groups in total. The lowest BCUT2D eigenvalue weighted by atomic mass is 10.2. The van der Waals surface area contributed by atoms with Crippen LogP contribution in [-0.2, 0) is 4.74 Å². The van der Waals surface area contributed by atoms with Crippen molar-refractivity contribution in [2.45, 2.75) is 6.92 Å². The van der Waals surface area contributed by atoms with E-state index in [-0.39, 0.29) is 0 Å². The zero-order chi connectivity index (χ0) is 9.84. The van der Waals surface area contributed by atoms with Gasteiger partial charge in [0.2, 0.25) is 0 Å². The monoisotopic (exact) mass is 180 g/mol. The molecular formula is C9H12N2O2. The Balaban J connectivity index is 2.95. The molecule has 1 rings (SSSR count). The number of carbonyl (C=O) groups is 1. The number of amides is 1. The average molecular weight is 180 g/mol. The van der Waals surface area contributed by atoms with Gasteiger partial charge >= 0.3 is 6.09 Å². The Hall–Kier alpha value is -1.55. The summed E-state index contributed by atoms with van der Waals surface area (Å²) in [7, 11) is 1.29. The molecule has 70 valence electrons. The molecule has 1 amide bonds. The Morgan fingerprint density at radius 1 is 1.46 bits per heavy atom. The van der Waals surface area contributed by atoms with Gasteiger partial charge in [-0.3, -0.25) is 0 Å². The first-order valence-electron chi connectivity index (χ1n) is 3.85. The highest BCUT2D eigenvalue weighted by Crippen LogP contribution is 2.16. The van der Waals surface area contributed by atoms with Gasteiger partial charge < -0.3 is 4.74 Å². The Morgan fingerprint density at radius 2 is 2.08 bits per heavy atom. The molecule has 1 aromatic rings. The van der Waals surface area contributed by atoms with E-state index < -0.39 is 6.09 Å². The summed E-state index contributed by atoms with van der Waals surface area (Å²) >= 11 is 0. The van der Waals surface area contributed by atoms with Gasteiger partial charge in [0.25, 0.3) is 0 Å². The van der Waals surface area contributed by atoms with Crippen molar-refractivity contribution in [3.05, 3.63) is 29.8 Å². The fourth-order valence-electron chi connectivity index (χ4n) is 1.03.